The van der Waals surface area contributed by atoms with Gasteiger partial charge in [-0.3, -0.25) is 9.59 Å². The lowest BCUT2D eigenvalue weighted by Crippen LogP contribution is -2.41. The number of halogens is 1. The van der Waals surface area contributed by atoms with Crippen LogP contribution in [0.3, 0.4) is 0 Å². The molecule has 24 heavy (non-hydrogen) atoms. The highest BCUT2D eigenvalue weighted by Crippen LogP contribution is 2.38. The minimum Gasteiger partial charge on any atom is -0.497 e. The first kappa shape index (κ1) is 20.1. The van der Waals surface area contributed by atoms with Crippen LogP contribution in [0.2, 0.25) is 0 Å². The Morgan fingerprint density at radius 2 is 2.08 bits per heavy atom. The summed E-state index contributed by atoms with van der Waals surface area (Å²) in [5.41, 5.74) is 6.18. The Hall–Kier alpha value is -1.99. The quantitative estimate of drug-likeness (QED) is 0.787. The molecule has 1 aliphatic heterocycles. The first-order valence-corrected chi connectivity index (χ1v) is 7.58. The third kappa shape index (κ3) is 4.52. The third-order valence-corrected chi connectivity index (χ3v) is 3.99. The van der Waals surface area contributed by atoms with Gasteiger partial charge in [0.1, 0.15) is 11.5 Å². The lowest BCUT2D eigenvalue weighted by atomic mass is 10.0. The van der Waals surface area contributed by atoms with Crippen molar-refractivity contribution in [3.8, 4) is 11.5 Å². The van der Waals surface area contributed by atoms with Crippen LogP contribution in [-0.2, 0) is 9.59 Å². The summed E-state index contributed by atoms with van der Waals surface area (Å²) in [6.07, 6.45) is 1.77. The summed E-state index contributed by atoms with van der Waals surface area (Å²) in [7, 11) is 3.20. The Morgan fingerprint density at radius 1 is 1.33 bits per heavy atom. The number of amides is 2. The van der Waals surface area contributed by atoms with Crippen LogP contribution in [0.1, 0.15) is 24.4 Å². The second-order valence-corrected chi connectivity index (χ2v) is 5.33. The van der Waals surface area contributed by atoms with Gasteiger partial charge in [-0.1, -0.05) is 0 Å². The number of nitrogens with two attached hydrogens (primary N) is 1. The van der Waals surface area contributed by atoms with E-state index in [2.05, 4.69) is 5.32 Å². The van der Waals surface area contributed by atoms with Crippen molar-refractivity contribution in [3.05, 3.63) is 23.8 Å². The minimum absolute atomic E-state index is 0. The Labute approximate surface area is 147 Å². The van der Waals surface area contributed by atoms with Crippen molar-refractivity contribution in [3.63, 3.8) is 0 Å². The van der Waals surface area contributed by atoms with Crippen LogP contribution in [0.4, 0.5) is 0 Å². The van der Waals surface area contributed by atoms with Crippen molar-refractivity contribution in [2.75, 3.05) is 33.9 Å². The van der Waals surface area contributed by atoms with Gasteiger partial charge in [-0.25, -0.2) is 0 Å². The van der Waals surface area contributed by atoms with E-state index < -0.39 is 0 Å². The van der Waals surface area contributed by atoms with Crippen molar-refractivity contribution in [1.29, 1.82) is 0 Å². The molecule has 0 aromatic heterocycles. The average Bonchev–Trinajstić information content (AvgIpc) is 3.08. The highest BCUT2D eigenvalue weighted by atomic mass is 35.5. The van der Waals surface area contributed by atoms with Crippen LogP contribution in [0.25, 0.3) is 0 Å². The van der Waals surface area contributed by atoms with Crippen LogP contribution < -0.4 is 20.5 Å². The molecule has 0 saturated carbocycles. The van der Waals surface area contributed by atoms with E-state index in [-0.39, 0.29) is 43.4 Å². The molecule has 3 N–H and O–H groups in total. The molecule has 1 fully saturated rings. The molecule has 7 nitrogen and oxygen atoms in total. The zero-order valence-corrected chi connectivity index (χ0v) is 14.7. The number of benzene rings is 1. The number of rotatable bonds is 6. The molecule has 134 valence electrons. The predicted molar refractivity (Wildman–Crippen MR) is 92.5 cm³/mol. The maximum atomic E-state index is 12.4. The van der Waals surface area contributed by atoms with Gasteiger partial charge in [0.25, 0.3) is 0 Å². The largest absolute Gasteiger partial charge is 0.497 e. The second-order valence-electron chi connectivity index (χ2n) is 5.33. The molecule has 2 amide bonds. The van der Waals surface area contributed by atoms with Gasteiger partial charge in [0.2, 0.25) is 11.8 Å². The van der Waals surface area contributed by atoms with Gasteiger partial charge in [-0.05, 0) is 25.0 Å². The van der Waals surface area contributed by atoms with Gasteiger partial charge in [0, 0.05) is 18.2 Å². The molecule has 0 bridgehead atoms. The van der Waals surface area contributed by atoms with E-state index in [1.165, 1.54) is 0 Å². The van der Waals surface area contributed by atoms with Crippen LogP contribution in [0.5, 0.6) is 11.5 Å². The number of nitrogens with one attached hydrogen (secondary N) is 1. The number of hydrogen-bond acceptors (Lipinski definition) is 5. The van der Waals surface area contributed by atoms with E-state index >= 15 is 0 Å². The Balaban J connectivity index is 0.00000288. The first-order chi connectivity index (χ1) is 11.1. The van der Waals surface area contributed by atoms with Crippen molar-refractivity contribution in [2.24, 2.45) is 5.73 Å². The van der Waals surface area contributed by atoms with Gasteiger partial charge in [-0.15, -0.1) is 12.4 Å². The molecule has 1 saturated heterocycles. The summed E-state index contributed by atoms with van der Waals surface area (Å²) >= 11 is 0. The summed E-state index contributed by atoms with van der Waals surface area (Å²) < 4.78 is 10.6. The molecule has 1 atom stereocenters. The molecule has 1 aliphatic rings. The van der Waals surface area contributed by atoms with Gasteiger partial charge in [-0.2, -0.15) is 0 Å². The van der Waals surface area contributed by atoms with E-state index in [1.807, 2.05) is 18.2 Å². The fourth-order valence-corrected chi connectivity index (χ4v) is 2.83. The zero-order chi connectivity index (χ0) is 16.8. The predicted octanol–water partition coefficient (Wildman–Crippen LogP) is 0.864. The summed E-state index contributed by atoms with van der Waals surface area (Å²) in [5.74, 6) is 0.944. The van der Waals surface area contributed by atoms with Gasteiger partial charge in [0.05, 0.1) is 33.4 Å². The standard InChI is InChI=1S/C16H23N3O4.ClH/c1-22-11-5-6-12(14(8-11)23-2)13-4-3-7-19(13)16(21)10-18-15(20)9-17;/h5-6,8,13H,3-4,7,9-10,17H2,1-2H3,(H,18,20);1H. The van der Waals surface area contributed by atoms with E-state index in [9.17, 15) is 9.59 Å². The molecular weight excluding hydrogens is 334 g/mol. The molecular formula is C16H24ClN3O4. The normalized spacial score (nSPS) is 16.3. The first-order valence-electron chi connectivity index (χ1n) is 7.58. The number of hydrogen-bond donors (Lipinski definition) is 2. The summed E-state index contributed by atoms with van der Waals surface area (Å²) in [6, 6.07) is 5.53. The lowest BCUT2D eigenvalue weighted by molar-refractivity contribution is -0.133. The summed E-state index contributed by atoms with van der Waals surface area (Å²) in [5, 5.41) is 2.52. The summed E-state index contributed by atoms with van der Waals surface area (Å²) in [4.78, 5) is 25.4. The minimum atomic E-state index is -0.337. The van der Waals surface area contributed by atoms with Gasteiger partial charge >= 0.3 is 0 Å². The molecule has 2 rings (SSSR count). The number of carbonyl (C=O) groups is 2. The van der Waals surface area contributed by atoms with E-state index in [1.54, 1.807) is 19.1 Å². The Bertz CT molecular complexity index is 582. The third-order valence-electron chi connectivity index (χ3n) is 3.99. The smallest absolute Gasteiger partial charge is 0.242 e. The molecule has 8 heteroatoms. The highest BCUT2D eigenvalue weighted by molar-refractivity contribution is 5.86. The molecule has 1 aromatic rings. The van der Waals surface area contributed by atoms with Crippen molar-refractivity contribution in [1.82, 2.24) is 10.2 Å². The van der Waals surface area contributed by atoms with Crippen LogP contribution in [0, 0.1) is 0 Å². The average molecular weight is 358 g/mol. The Morgan fingerprint density at radius 3 is 2.71 bits per heavy atom. The maximum absolute atomic E-state index is 12.4. The summed E-state index contributed by atoms with van der Waals surface area (Å²) in [6.45, 7) is 0.505. The van der Waals surface area contributed by atoms with Crippen molar-refractivity contribution >= 4 is 24.2 Å². The zero-order valence-electron chi connectivity index (χ0n) is 13.9. The fraction of sp³-hybridized carbons (Fsp3) is 0.500. The number of ether oxygens (including phenoxy) is 2. The molecule has 1 unspecified atom stereocenters. The van der Waals surface area contributed by atoms with Crippen LogP contribution in [0.15, 0.2) is 18.2 Å². The monoisotopic (exact) mass is 357 g/mol. The topological polar surface area (TPSA) is 93.9 Å². The number of methoxy groups -OCH3 is 2. The maximum Gasteiger partial charge on any atom is 0.242 e. The van der Waals surface area contributed by atoms with E-state index in [0.29, 0.717) is 18.0 Å². The van der Waals surface area contributed by atoms with Crippen LogP contribution >= 0.6 is 12.4 Å². The molecule has 0 spiro atoms. The molecule has 1 aromatic carbocycles. The van der Waals surface area contributed by atoms with Gasteiger partial charge < -0.3 is 25.4 Å². The van der Waals surface area contributed by atoms with Crippen LogP contribution in [-0.4, -0.2) is 50.6 Å². The van der Waals surface area contributed by atoms with E-state index in [4.69, 9.17) is 15.2 Å². The Kier molecular flexibility index (Phi) is 7.81. The van der Waals surface area contributed by atoms with E-state index in [0.717, 1.165) is 18.4 Å². The molecule has 1 heterocycles. The SMILES string of the molecule is COc1ccc(C2CCCN2C(=O)CNC(=O)CN)c(OC)c1.Cl. The number of nitrogens with zero attached hydrogens (tertiary/aromatic N) is 1. The second kappa shape index (κ2) is 9.34. The van der Waals surface area contributed by atoms with Crippen molar-refractivity contribution < 1.29 is 19.1 Å². The lowest BCUT2D eigenvalue weighted by Gasteiger charge is -2.26. The van der Waals surface area contributed by atoms with Crippen molar-refractivity contribution in [2.45, 2.75) is 18.9 Å². The fourth-order valence-electron chi connectivity index (χ4n) is 2.83. The molecule has 0 aliphatic carbocycles. The van der Waals surface area contributed by atoms with Gasteiger partial charge in [0.15, 0.2) is 0 Å². The highest BCUT2D eigenvalue weighted by Gasteiger charge is 2.31. The number of carbonyl (C=O) groups excluding carboxylic acids is 2. The number of likely N-dealkylation sites (tertiary alicyclic amines) is 1. The molecule has 0 radical (unpaired) electrons.